The predicted molar refractivity (Wildman–Crippen MR) is 76.9 cm³/mol. The summed E-state index contributed by atoms with van der Waals surface area (Å²) < 4.78 is 0.607. The number of nitrogens with two attached hydrogens (primary N) is 1. The topological polar surface area (TPSA) is 92.4 Å². The molecular weight excluding hydrogens is 312 g/mol. The molecule has 1 aromatic rings. The molecule has 4 N–H and O–H groups in total. The zero-order valence-electron chi connectivity index (χ0n) is 10.8. The highest BCUT2D eigenvalue weighted by Gasteiger charge is 2.26. The molecule has 2 unspecified atom stereocenters. The summed E-state index contributed by atoms with van der Waals surface area (Å²) in [6.45, 7) is 3.66. The number of carbonyl (C=O) groups excluding carboxylic acids is 1. The Balaban J connectivity index is 2.94. The summed E-state index contributed by atoms with van der Waals surface area (Å²) in [6, 6.07) is 4.03. The van der Waals surface area contributed by atoms with Crippen molar-refractivity contribution in [2.24, 2.45) is 5.92 Å². The summed E-state index contributed by atoms with van der Waals surface area (Å²) in [6.07, 6.45) is 0.658. The molecule has 0 fully saturated rings. The van der Waals surface area contributed by atoms with Gasteiger partial charge in [-0.2, -0.15) is 0 Å². The van der Waals surface area contributed by atoms with E-state index in [-0.39, 0.29) is 11.5 Å². The highest BCUT2D eigenvalue weighted by molar-refractivity contribution is 9.10. The summed E-state index contributed by atoms with van der Waals surface area (Å²) in [7, 11) is 0. The lowest BCUT2D eigenvalue weighted by Crippen LogP contribution is -2.45. The SMILES string of the molecule is CCC(C)C(NC(=O)c1cccc(Br)c1N)C(=O)O. The number of rotatable bonds is 5. The van der Waals surface area contributed by atoms with Gasteiger partial charge in [-0.25, -0.2) is 4.79 Å². The number of para-hydroxylation sites is 1. The van der Waals surface area contributed by atoms with Gasteiger partial charge in [0, 0.05) is 4.47 Å². The van der Waals surface area contributed by atoms with E-state index in [1.54, 1.807) is 25.1 Å². The molecule has 5 nitrogen and oxygen atoms in total. The average Bonchev–Trinajstić information content (AvgIpc) is 2.37. The van der Waals surface area contributed by atoms with Gasteiger partial charge in [-0.05, 0) is 34.0 Å². The number of benzene rings is 1. The molecule has 1 rings (SSSR count). The number of nitrogens with one attached hydrogen (secondary N) is 1. The maximum Gasteiger partial charge on any atom is 0.326 e. The second kappa shape index (κ2) is 6.56. The van der Waals surface area contributed by atoms with Gasteiger partial charge in [-0.1, -0.05) is 26.3 Å². The summed E-state index contributed by atoms with van der Waals surface area (Å²) in [5.41, 5.74) is 6.36. The Kier molecular flexibility index (Phi) is 5.35. The van der Waals surface area contributed by atoms with Gasteiger partial charge in [0.05, 0.1) is 11.3 Å². The van der Waals surface area contributed by atoms with Gasteiger partial charge in [0.2, 0.25) is 0 Å². The lowest BCUT2D eigenvalue weighted by atomic mass is 9.99. The molecule has 0 aromatic heterocycles. The van der Waals surface area contributed by atoms with Crippen LogP contribution in [0, 0.1) is 5.92 Å². The second-order valence-electron chi connectivity index (χ2n) is 4.38. The Labute approximate surface area is 120 Å². The number of carboxylic acid groups (broad SMARTS) is 1. The Bertz CT molecular complexity index is 491. The fourth-order valence-electron chi connectivity index (χ4n) is 1.64. The van der Waals surface area contributed by atoms with Gasteiger partial charge in [-0.15, -0.1) is 0 Å². The molecule has 0 saturated carbocycles. The molecule has 0 aliphatic rings. The fourth-order valence-corrected chi connectivity index (χ4v) is 2.00. The largest absolute Gasteiger partial charge is 0.480 e. The van der Waals surface area contributed by atoms with E-state index in [9.17, 15) is 9.59 Å². The van der Waals surface area contributed by atoms with E-state index in [1.165, 1.54) is 0 Å². The van der Waals surface area contributed by atoms with Crippen LogP contribution in [0.2, 0.25) is 0 Å². The van der Waals surface area contributed by atoms with E-state index >= 15 is 0 Å². The first-order chi connectivity index (χ1) is 8.88. The van der Waals surface area contributed by atoms with Crippen molar-refractivity contribution in [3.63, 3.8) is 0 Å². The fraction of sp³-hybridized carbons (Fsp3) is 0.385. The first-order valence-electron chi connectivity index (χ1n) is 5.96. The smallest absolute Gasteiger partial charge is 0.326 e. The van der Waals surface area contributed by atoms with Gasteiger partial charge >= 0.3 is 5.97 Å². The number of hydrogen-bond acceptors (Lipinski definition) is 3. The van der Waals surface area contributed by atoms with Crippen LogP contribution in [0.15, 0.2) is 22.7 Å². The summed E-state index contributed by atoms with van der Waals surface area (Å²) in [4.78, 5) is 23.2. The van der Waals surface area contributed by atoms with E-state index in [0.29, 0.717) is 16.6 Å². The van der Waals surface area contributed by atoms with E-state index < -0.39 is 17.9 Å². The van der Waals surface area contributed by atoms with Crippen molar-refractivity contribution in [2.75, 3.05) is 5.73 Å². The Hall–Kier alpha value is -1.56. The van der Waals surface area contributed by atoms with Gasteiger partial charge in [0.15, 0.2) is 0 Å². The minimum Gasteiger partial charge on any atom is -0.480 e. The third-order valence-electron chi connectivity index (χ3n) is 3.06. The zero-order valence-corrected chi connectivity index (χ0v) is 12.4. The molecule has 104 valence electrons. The van der Waals surface area contributed by atoms with Crippen LogP contribution in [0.3, 0.4) is 0 Å². The van der Waals surface area contributed by atoms with E-state index in [2.05, 4.69) is 21.2 Å². The van der Waals surface area contributed by atoms with Crippen molar-refractivity contribution < 1.29 is 14.7 Å². The van der Waals surface area contributed by atoms with Crippen LogP contribution in [-0.4, -0.2) is 23.0 Å². The van der Waals surface area contributed by atoms with Crippen LogP contribution >= 0.6 is 15.9 Å². The third kappa shape index (κ3) is 3.70. The van der Waals surface area contributed by atoms with Crippen molar-refractivity contribution in [3.05, 3.63) is 28.2 Å². The Morgan fingerprint density at radius 3 is 2.63 bits per heavy atom. The molecule has 0 heterocycles. The molecule has 6 heteroatoms. The molecular formula is C13H17BrN2O3. The van der Waals surface area contributed by atoms with Gasteiger partial charge in [-0.3, -0.25) is 4.79 Å². The molecule has 0 radical (unpaired) electrons. The van der Waals surface area contributed by atoms with Crippen molar-refractivity contribution in [2.45, 2.75) is 26.3 Å². The van der Waals surface area contributed by atoms with Crippen LogP contribution in [-0.2, 0) is 4.79 Å². The minimum atomic E-state index is -1.05. The van der Waals surface area contributed by atoms with Gasteiger partial charge < -0.3 is 16.2 Å². The zero-order chi connectivity index (χ0) is 14.6. The van der Waals surface area contributed by atoms with E-state index in [1.807, 2.05) is 6.92 Å². The highest BCUT2D eigenvalue weighted by atomic mass is 79.9. The standard InChI is InChI=1S/C13H17BrN2O3/c1-3-7(2)11(13(18)19)16-12(17)8-5-4-6-9(14)10(8)15/h4-7,11H,3,15H2,1-2H3,(H,16,17)(H,18,19). The quantitative estimate of drug-likeness (QED) is 0.723. The van der Waals surface area contributed by atoms with Crippen LogP contribution in [0.5, 0.6) is 0 Å². The van der Waals surface area contributed by atoms with Crippen LogP contribution in [0.1, 0.15) is 30.6 Å². The molecule has 1 amide bonds. The van der Waals surface area contributed by atoms with Crippen LogP contribution in [0.4, 0.5) is 5.69 Å². The number of aliphatic carboxylic acids is 1. The maximum absolute atomic E-state index is 12.1. The lowest BCUT2D eigenvalue weighted by molar-refractivity contribution is -0.140. The van der Waals surface area contributed by atoms with E-state index in [4.69, 9.17) is 10.8 Å². The molecule has 0 aliphatic heterocycles. The Morgan fingerprint density at radius 1 is 1.47 bits per heavy atom. The molecule has 0 saturated heterocycles. The third-order valence-corrected chi connectivity index (χ3v) is 3.75. The van der Waals surface area contributed by atoms with Gasteiger partial charge in [0.1, 0.15) is 6.04 Å². The number of hydrogen-bond donors (Lipinski definition) is 3. The van der Waals surface area contributed by atoms with Crippen molar-refractivity contribution >= 4 is 33.5 Å². The number of anilines is 1. The maximum atomic E-state index is 12.1. The summed E-state index contributed by atoms with van der Waals surface area (Å²) >= 11 is 3.23. The molecule has 0 bridgehead atoms. The van der Waals surface area contributed by atoms with Crippen molar-refractivity contribution in [3.8, 4) is 0 Å². The van der Waals surface area contributed by atoms with Crippen molar-refractivity contribution in [1.82, 2.24) is 5.32 Å². The van der Waals surface area contributed by atoms with Crippen LogP contribution < -0.4 is 11.1 Å². The van der Waals surface area contributed by atoms with E-state index in [0.717, 1.165) is 0 Å². The summed E-state index contributed by atoms with van der Waals surface area (Å²) in [5.74, 6) is -1.68. The normalized spacial score (nSPS) is 13.6. The molecule has 19 heavy (non-hydrogen) atoms. The summed E-state index contributed by atoms with van der Waals surface area (Å²) in [5, 5.41) is 11.7. The first-order valence-corrected chi connectivity index (χ1v) is 6.75. The number of halogens is 1. The number of nitrogen functional groups attached to an aromatic ring is 1. The molecule has 0 spiro atoms. The monoisotopic (exact) mass is 328 g/mol. The molecule has 0 aliphatic carbocycles. The number of carbonyl (C=O) groups is 2. The average molecular weight is 329 g/mol. The van der Waals surface area contributed by atoms with Gasteiger partial charge in [0.25, 0.3) is 5.91 Å². The van der Waals surface area contributed by atoms with Crippen molar-refractivity contribution in [1.29, 1.82) is 0 Å². The minimum absolute atomic E-state index is 0.158. The predicted octanol–water partition coefficient (Wildman–Crippen LogP) is 2.26. The lowest BCUT2D eigenvalue weighted by Gasteiger charge is -2.20. The molecule has 2 atom stereocenters. The van der Waals surface area contributed by atoms with Crippen LogP contribution in [0.25, 0.3) is 0 Å². The highest BCUT2D eigenvalue weighted by Crippen LogP contribution is 2.23. The number of carboxylic acids is 1. The Morgan fingerprint density at radius 2 is 2.11 bits per heavy atom. The molecule has 1 aromatic carbocycles. The first kappa shape index (κ1) is 15.5. The number of amides is 1. The second-order valence-corrected chi connectivity index (χ2v) is 5.23.